The second kappa shape index (κ2) is 5.01. The third-order valence-electron chi connectivity index (χ3n) is 3.36. The number of aromatic nitrogens is 1. The van der Waals surface area contributed by atoms with Gasteiger partial charge in [-0.3, -0.25) is 14.9 Å². The van der Waals surface area contributed by atoms with Crippen molar-refractivity contribution in [1.29, 1.82) is 0 Å². The first kappa shape index (κ1) is 13.8. The predicted octanol–water partition coefficient (Wildman–Crippen LogP) is -0.511. The first-order chi connectivity index (χ1) is 10.0. The first-order valence-corrected chi connectivity index (χ1v) is 6.99. The van der Waals surface area contributed by atoms with Gasteiger partial charge in [-0.15, -0.1) is 0 Å². The molecule has 8 nitrogen and oxygen atoms in total. The molecule has 1 aromatic rings. The Morgan fingerprint density at radius 1 is 1.43 bits per heavy atom. The Morgan fingerprint density at radius 3 is 2.81 bits per heavy atom. The molecule has 0 saturated heterocycles. The number of nitrogens with one attached hydrogen (secondary N) is 2. The average Bonchev–Trinajstić information content (AvgIpc) is 2.89. The van der Waals surface area contributed by atoms with Crippen molar-refractivity contribution < 1.29 is 14.7 Å². The number of aliphatic hydroxyl groups excluding tert-OH is 1. The molecule has 2 aliphatic rings. The number of carbonyl (C=O) groups is 2. The topological polar surface area (TPSA) is 122 Å². The van der Waals surface area contributed by atoms with E-state index in [1.165, 1.54) is 4.57 Å². The number of hydrogen-bond acceptors (Lipinski definition) is 5. The van der Waals surface area contributed by atoms with Crippen LogP contribution in [-0.4, -0.2) is 34.0 Å². The van der Waals surface area contributed by atoms with E-state index in [0.717, 1.165) is 0 Å². The smallest absolute Gasteiger partial charge is 0.277 e. The van der Waals surface area contributed by atoms with E-state index in [1.807, 2.05) is 0 Å². The highest BCUT2D eigenvalue weighted by Crippen LogP contribution is 2.33. The van der Waals surface area contributed by atoms with Gasteiger partial charge < -0.3 is 20.7 Å². The first-order valence-electron chi connectivity index (χ1n) is 6.20. The summed E-state index contributed by atoms with van der Waals surface area (Å²) in [7, 11) is 0. The molecule has 110 valence electrons. The number of nitrogens with two attached hydrogens (primary N) is 1. The molecule has 0 bridgehead atoms. The molecule has 2 aliphatic heterocycles. The van der Waals surface area contributed by atoms with E-state index >= 15 is 0 Å². The molecule has 0 fully saturated rings. The fraction of sp³-hybridized carbons (Fsp3) is 0.250. The van der Waals surface area contributed by atoms with Crippen LogP contribution >= 0.6 is 15.9 Å². The van der Waals surface area contributed by atoms with Crippen molar-refractivity contribution in [3.05, 3.63) is 27.6 Å². The molecule has 1 aromatic heterocycles. The van der Waals surface area contributed by atoms with Gasteiger partial charge in [-0.05, 0) is 34.0 Å². The van der Waals surface area contributed by atoms with Crippen molar-refractivity contribution in [2.24, 2.45) is 10.7 Å². The second-order valence-electron chi connectivity index (χ2n) is 4.58. The van der Waals surface area contributed by atoms with Crippen molar-refractivity contribution in [3.63, 3.8) is 0 Å². The summed E-state index contributed by atoms with van der Waals surface area (Å²) in [5.74, 6) is -0.667. The summed E-state index contributed by atoms with van der Waals surface area (Å²) in [6.07, 6.45) is 0.445. The highest BCUT2D eigenvalue weighted by molar-refractivity contribution is 9.10. The molecule has 21 heavy (non-hydrogen) atoms. The van der Waals surface area contributed by atoms with Gasteiger partial charge in [-0.2, -0.15) is 0 Å². The van der Waals surface area contributed by atoms with Gasteiger partial charge >= 0.3 is 0 Å². The average molecular weight is 354 g/mol. The molecule has 2 amide bonds. The van der Waals surface area contributed by atoms with Crippen LogP contribution < -0.4 is 16.4 Å². The molecular formula is C12H12BrN5O3. The van der Waals surface area contributed by atoms with Crippen molar-refractivity contribution in [2.45, 2.75) is 13.2 Å². The summed E-state index contributed by atoms with van der Waals surface area (Å²) >= 11 is 3.29. The lowest BCUT2D eigenvalue weighted by molar-refractivity contribution is -0.115. The number of aliphatic imine (C=N–C) groups is 1. The molecule has 5 N–H and O–H groups in total. The molecule has 0 unspecified atom stereocenters. The second-order valence-corrected chi connectivity index (χ2v) is 5.40. The fourth-order valence-corrected chi connectivity index (χ4v) is 2.99. The van der Waals surface area contributed by atoms with E-state index in [1.54, 1.807) is 6.07 Å². The van der Waals surface area contributed by atoms with Crippen molar-refractivity contribution in [2.75, 3.05) is 6.54 Å². The number of amides is 2. The minimum atomic E-state index is -0.393. The summed E-state index contributed by atoms with van der Waals surface area (Å²) in [5, 5.41) is 14.6. The van der Waals surface area contributed by atoms with Gasteiger partial charge in [0.25, 0.3) is 11.8 Å². The number of halogens is 1. The van der Waals surface area contributed by atoms with Gasteiger partial charge in [0.1, 0.15) is 18.1 Å². The standard InChI is InChI=1S/C12H12BrN5O3/c13-7-3-6-5(8-10(20)17-12(14)16-8)1-2-15-11(21)9(6)18(7)4-19/h3,19H,1-2,4H2,(H,15,21)(H3,14,16,17,20). The zero-order valence-electron chi connectivity index (χ0n) is 10.8. The minimum Gasteiger partial charge on any atom is -0.376 e. The van der Waals surface area contributed by atoms with E-state index in [-0.39, 0.29) is 30.0 Å². The third kappa shape index (κ3) is 2.14. The molecule has 0 atom stereocenters. The van der Waals surface area contributed by atoms with Gasteiger partial charge in [0, 0.05) is 12.1 Å². The largest absolute Gasteiger partial charge is 0.376 e. The number of fused-ring (bicyclic) bond motifs is 1. The van der Waals surface area contributed by atoms with Crippen LogP contribution in [0.2, 0.25) is 0 Å². The van der Waals surface area contributed by atoms with Crippen LogP contribution in [0.1, 0.15) is 22.5 Å². The van der Waals surface area contributed by atoms with E-state index in [2.05, 4.69) is 31.6 Å². The third-order valence-corrected chi connectivity index (χ3v) is 4.02. The summed E-state index contributed by atoms with van der Waals surface area (Å²) in [6, 6.07) is 1.69. The van der Waals surface area contributed by atoms with Crippen LogP contribution in [0.15, 0.2) is 21.4 Å². The lowest BCUT2D eigenvalue weighted by Crippen LogP contribution is -2.30. The Labute approximate surface area is 127 Å². The Kier molecular flexibility index (Phi) is 3.30. The quantitative estimate of drug-likeness (QED) is 0.508. The maximum Gasteiger partial charge on any atom is 0.277 e. The zero-order chi connectivity index (χ0) is 15.1. The van der Waals surface area contributed by atoms with Crippen molar-refractivity contribution in [1.82, 2.24) is 15.2 Å². The lowest BCUT2D eigenvalue weighted by Gasteiger charge is -2.07. The van der Waals surface area contributed by atoms with Gasteiger partial charge in [-0.25, -0.2) is 4.99 Å². The van der Waals surface area contributed by atoms with E-state index in [4.69, 9.17) is 5.73 Å². The minimum absolute atomic E-state index is 0.0354. The van der Waals surface area contributed by atoms with Gasteiger partial charge in [0.15, 0.2) is 0 Å². The van der Waals surface area contributed by atoms with Crippen molar-refractivity contribution in [3.8, 4) is 0 Å². The molecular weight excluding hydrogens is 342 g/mol. The number of hydrogen-bond donors (Lipinski definition) is 4. The predicted molar refractivity (Wildman–Crippen MR) is 78.0 cm³/mol. The van der Waals surface area contributed by atoms with Crippen LogP contribution in [0.4, 0.5) is 0 Å². The Hall–Kier alpha value is -2.13. The molecule has 0 spiro atoms. The van der Waals surface area contributed by atoms with Gasteiger partial charge in [0.2, 0.25) is 5.96 Å². The molecule has 0 saturated carbocycles. The highest BCUT2D eigenvalue weighted by Gasteiger charge is 2.30. The molecule has 0 radical (unpaired) electrons. The maximum atomic E-state index is 12.2. The Morgan fingerprint density at radius 2 is 2.19 bits per heavy atom. The van der Waals surface area contributed by atoms with E-state index in [9.17, 15) is 14.7 Å². The lowest BCUT2D eigenvalue weighted by atomic mass is 10.0. The summed E-state index contributed by atoms with van der Waals surface area (Å²) in [4.78, 5) is 28.1. The monoisotopic (exact) mass is 353 g/mol. The molecule has 9 heteroatoms. The van der Waals surface area contributed by atoms with Crippen LogP contribution in [0, 0.1) is 0 Å². The summed E-state index contributed by atoms with van der Waals surface area (Å²) in [6.45, 7) is 0.0155. The van der Waals surface area contributed by atoms with Crippen LogP contribution in [0.25, 0.3) is 5.57 Å². The number of guanidine groups is 1. The molecule has 0 aliphatic carbocycles. The number of nitrogens with zero attached hydrogens (tertiary/aromatic N) is 2. The number of carbonyl (C=O) groups excluding carboxylic acids is 2. The Bertz CT molecular complexity index is 719. The fourth-order valence-electron chi connectivity index (χ4n) is 2.48. The van der Waals surface area contributed by atoms with E-state index < -0.39 is 5.91 Å². The van der Waals surface area contributed by atoms with Gasteiger partial charge in [-0.1, -0.05) is 0 Å². The summed E-state index contributed by atoms with van der Waals surface area (Å²) in [5.41, 5.74) is 7.19. The Balaban J connectivity index is 2.27. The SMILES string of the molecule is NC1=NC(=C2CCNC(=O)c3c2cc(Br)n3CO)C(=O)N1. The number of aliphatic hydroxyl groups is 1. The van der Waals surface area contributed by atoms with Crippen molar-refractivity contribution >= 4 is 39.3 Å². The van der Waals surface area contributed by atoms with Crippen LogP contribution in [-0.2, 0) is 11.5 Å². The van der Waals surface area contributed by atoms with Crippen LogP contribution in [0.3, 0.4) is 0 Å². The van der Waals surface area contributed by atoms with E-state index in [0.29, 0.717) is 28.7 Å². The molecule has 3 heterocycles. The normalized spacial score (nSPS) is 21.5. The molecule has 3 rings (SSSR count). The van der Waals surface area contributed by atoms with Gasteiger partial charge in [0.05, 0.1) is 4.60 Å². The zero-order valence-corrected chi connectivity index (χ0v) is 12.4. The number of rotatable bonds is 1. The van der Waals surface area contributed by atoms with Crippen LogP contribution in [0.5, 0.6) is 0 Å². The summed E-state index contributed by atoms with van der Waals surface area (Å²) < 4.78 is 1.96. The molecule has 0 aromatic carbocycles. The maximum absolute atomic E-state index is 12.2. The highest BCUT2D eigenvalue weighted by atomic mass is 79.9.